The smallest absolute Gasteiger partial charge is 0.164 e. The molecule has 0 amide bonds. The Bertz CT molecular complexity index is 3200. The first kappa shape index (κ1) is 35.7. The number of fused-ring (bicyclic) bond motifs is 3. The summed E-state index contributed by atoms with van der Waals surface area (Å²) < 4.78 is 6.43. The summed E-state index contributed by atoms with van der Waals surface area (Å²) >= 11 is 0. The highest BCUT2D eigenvalue weighted by Gasteiger charge is 2.19. The molecule has 0 saturated carbocycles. The van der Waals surface area contributed by atoms with E-state index < -0.39 is 0 Å². The van der Waals surface area contributed by atoms with Crippen molar-refractivity contribution in [1.29, 1.82) is 0 Å². The van der Waals surface area contributed by atoms with Gasteiger partial charge in [0.25, 0.3) is 0 Å². The zero-order valence-electron chi connectivity index (χ0n) is 32.7. The van der Waals surface area contributed by atoms with Crippen LogP contribution in [0.4, 0.5) is 0 Å². The molecule has 0 N–H and O–H groups in total. The highest BCUT2D eigenvalue weighted by atomic mass is 16.3. The quantitative estimate of drug-likeness (QED) is 0.152. The van der Waals surface area contributed by atoms with Crippen LogP contribution in [0.25, 0.3) is 113 Å². The van der Waals surface area contributed by atoms with Gasteiger partial charge in [-0.2, -0.15) is 0 Å². The Labute approximate surface area is 351 Å². The molecule has 0 atom stereocenters. The second-order valence-electron chi connectivity index (χ2n) is 14.7. The van der Waals surface area contributed by atoms with E-state index in [1.165, 1.54) is 0 Å². The van der Waals surface area contributed by atoms with E-state index in [1.807, 2.05) is 140 Å². The summed E-state index contributed by atoms with van der Waals surface area (Å²) in [5.74, 6) is 3.73. The minimum absolute atomic E-state index is 0.588. The van der Waals surface area contributed by atoms with Crippen molar-refractivity contribution >= 4 is 21.9 Å². The van der Waals surface area contributed by atoms with Crippen molar-refractivity contribution in [3.63, 3.8) is 0 Å². The number of benzene rings is 8. The molecule has 0 aliphatic rings. The predicted molar refractivity (Wildman–Crippen MR) is 244 cm³/mol. The van der Waals surface area contributed by atoms with Crippen LogP contribution in [0.5, 0.6) is 0 Å². The number of rotatable bonds is 8. The summed E-state index contributed by atoms with van der Waals surface area (Å²) in [6.45, 7) is 0. The van der Waals surface area contributed by atoms with Gasteiger partial charge in [-0.05, 0) is 40.5 Å². The maximum Gasteiger partial charge on any atom is 0.164 e. The summed E-state index contributed by atoms with van der Waals surface area (Å²) in [5.41, 5.74) is 11.5. The molecule has 7 heteroatoms. The van der Waals surface area contributed by atoms with Gasteiger partial charge in [0, 0.05) is 44.2 Å². The molecule has 0 spiro atoms. The van der Waals surface area contributed by atoms with Crippen LogP contribution in [0.3, 0.4) is 0 Å². The van der Waals surface area contributed by atoms with Gasteiger partial charge in [0.2, 0.25) is 0 Å². The van der Waals surface area contributed by atoms with Crippen LogP contribution in [0.15, 0.2) is 211 Å². The lowest BCUT2D eigenvalue weighted by Crippen LogP contribution is -2.00. The fraction of sp³-hybridized carbons (Fsp3) is 0. The summed E-state index contributed by atoms with van der Waals surface area (Å²) in [4.78, 5) is 29.6. The van der Waals surface area contributed by atoms with Crippen LogP contribution in [0.1, 0.15) is 0 Å². The first-order chi connectivity index (χ1) is 30.2. The van der Waals surface area contributed by atoms with E-state index in [1.54, 1.807) is 0 Å². The zero-order chi connectivity index (χ0) is 40.5. The Kier molecular flexibility index (Phi) is 9.02. The number of hydrogen-bond donors (Lipinski definition) is 0. The number of aromatic nitrogens is 6. The summed E-state index contributed by atoms with van der Waals surface area (Å²) in [5, 5.41) is 1.96. The topological polar surface area (TPSA) is 90.5 Å². The minimum atomic E-state index is 0.588. The van der Waals surface area contributed by atoms with E-state index in [-0.39, 0.29) is 0 Å². The SMILES string of the molecule is c1ccc(-c2nc(-c3ccccc3)nc(-c3ccc(-c4ccc(-c5ccc6oc7cccc(-c8nc(-c9ccccc9)nc(-c9ccccc9)n8)c7c6c5)cc4)cc3)n2)cc1. The van der Waals surface area contributed by atoms with E-state index in [9.17, 15) is 0 Å². The second kappa shape index (κ2) is 15.4. The Hall–Kier alpha value is -8.42. The lowest BCUT2D eigenvalue weighted by atomic mass is 9.97. The normalized spacial score (nSPS) is 11.3. The van der Waals surface area contributed by atoms with Crippen LogP contribution in [-0.2, 0) is 0 Å². The van der Waals surface area contributed by atoms with Crippen LogP contribution < -0.4 is 0 Å². The van der Waals surface area contributed by atoms with Crippen molar-refractivity contribution in [2.45, 2.75) is 0 Å². The predicted octanol–water partition coefficient (Wildman–Crippen LogP) is 13.3. The largest absolute Gasteiger partial charge is 0.456 e. The van der Waals surface area contributed by atoms with E-state index in [0.717, 1.165) is 77.6 Å². The fourth-order valence-corrected chi connectivity index (χ4v) is 7.73. The molecule has 0 saturated heterocycles. The van der Waals surface area contributed by atoms with Gasteiger partial charge in [0.15, 0.2) is 34.9 Å². The van der Waals surface area contributed by atoms with Crippen LogP contribution in [-0.4, -0.2) is 29.9 Å². The van der Waals surface area contributed by atoms with E-state index in [4.69, 9.17) is 34.3 Å². The monoisotopic (exact) mass is 782 g/mol. The minimum Gasteiger partial charge on any atom is -0.456 e. The first-order valence-electron chi connectivity index (χ1n) is 20.1. The van der Waals surface area contributed by atoms with Gasteiger partial charge in [-0.1, -0.05) is 188 Å². The van der Waals surface area contributed by atoms with E-state index in [0.29, 0.717) is 34.9 Å². The van der Waals surface area contributed by atoms with Gasteiger partial charge in [0.1, 0.15) is 11.2 Å². The second-order valence-corrected chi connectivity index (χ2v) is 14.7. The molecule has 3 heterocycles. The van der Waals surface area contributed by atoms with Gasteiger partial charge < -0.3 is 4.42 Å². The Morgan fingerprint density at radius 2 is 0.590 bits per heavy atom. The molecule has 0 unspecified atom stereocenters. The molecule has 61 heavy (non-hydrogen) atoms. The maximum absolute atomic E-state index is 6.43. The third kappa shape index (κ3) is 7.00. The van der Waals surface area contributed by atoms with Crippen molar-refractivity contribution in [2.24, 2.45) is 0 Å². The van der Waals surface area contributed by atoms with Crippen molar-refractivity contribution in [3.8, 4) is 90.6 Å². The molecule has 3 aromatic heterocycles. The highest BCUT2D eigenvalue weighted by molar-refractivity contribution is 6.12. The van der Waals surface area contributed by atoms with Gasteiger partial charge >= 0.3 is 0 Å². The third-order valence-corrected chi connectivity index (χ3v) is 10.8. The highest BCUT2D eigenvalue weighted by Crippen LogP contribution is 2.39. The molecule has 0 fully saturated rings. The van der Waals surface area contributed by atoms with Gasteiger partial charge in [-0.3, -0.25) is 0 Å². The molecule has 0 aliphatic heterocycles. The molecule has 8 aromatic carbocycles. The Balaban J connectivity index is 0.925. The molecule has 11 rings (SSSR count). The molecule has 0 radical (unpaired) electrons. The molecule has 11 aromatic rings. The summed E-state index contributed by atoms with van der Waals surface area (Å²) in [7, 11) is 0. The average Bonchev–Trinajstić information content (AvgIpc) is 3.73. The van der Waals surface area contributed by atoms with Gasteiger partial charge in [-0.25, -0.2) is 29.9 Å². The van der Waals surface area contributed by atoms with E-state index in [2.05, 4.69) is 66.7 Å². The maximum atomic E-state index is 6.43. The first-order valence-corrected chi connectivity index (χ1v) is 20.1. The van der Waals surface area contributed by atoms with Crippen LogP contribution in [0, 0.1) is 0 Å². The molecular formula is C54H34N6O. The van der Waals surface area contributed by atoms with Gasteiger partial charge in [-0.15, -0.1) is 0 Å². The molecular weight excluding hydrogens is 749 g/mol. The lowest BCUT2D eigenvalue weighted by molar-refractivity contribution is 0.669. The number of furan rings is 1. The van der Waals surface area contributed by atoms with Crippen molar-refractivity contribution in [3.05, 3.63) is 206 Å². The molecule has 7 nitrogen and oxygen atoms in total. The van der Waals surface area contributed by atoms with Gasteiger partial charge in [0.05, 0.1) is 0 Å². The summed E-state index contributed by atoms with van der Waals surface area (Å²) in [6, 6.07) is 69.6. The van der Waals surface area contributed by atoms with Crippen molar-refractivity contribution in [1.82, 2.24) is 29.9 Å². The Morgan fingerprint density at radius 1 is 0.246 bits per heavy atom. The van der Waals surface area contributed by atoms with Crippen molar-refractivity contribution in [2.75, 3.05) is 0 Å². The lowest BCUT2D eigenvalue weighted by Gasteiger charge is -2.10. The molecule has 0 aliphatic carbocycles. The number of hydrogen-bond acceptors (Lipinski definition) is 7. The molecule has 286 valence electrons. The standard InChI is InChI=1S/C54H34N6O/c1-5-14-38(15-6-1)49-55-50(39-16-7-2-8-17-39)57-53(56-49)42-30-28-36(29-31-42)35-24-26-37(27-25-35)43-32-33-46-45(34-43)48-44(22-13-23-47(48)61-46)54-59-51(40-18-9-3-10-19-40)58-52(60-54)41-20-11-4-12-21-41/h1-34H. The summed E-state index contributed by atoms with van der Waals surface area (Å²) in [6.07, 6.45) is 0. The van der Waals surface area contributed by atoms with Crippen molar-refractivity contribution < 1.29 is 4.42 Å². The van der Waals surface area contributed by atoms with E-state index >= 15 is 0 Å². The van der Waals surface area contributed by atoms with Crippen LogP contribution >= 0.6 is 0 Å². The Morgan fingerprint density at radius 3 is 1.02 bits per heavy atom. The third-order valence-electron chi connectivity index (χ3n) is 10.8. The fourth-order valence-electron chi connectivity index (χ4n) is 7.73. The average molecular weight is 783 g/mol. The zero-order valence-corrected chi connectivity index (χ0v) is 32.7. The molecule has 0 bridgehead atoms. The van der Waals surface area contributed by atoms with Crippen LogP contribution in [0.2, 0.25) is 0 Å². The number of nitrogens with zero attached hydrogens (tertiary/aromatic N) is 6.